The van der Waals surface area contributed by atoms with Crippen molar-refractivity contribution in [2.75, 3.05) is 0 Å². The minimum absolute atomic E-state index is 1.23. The first-order valence-electron chi connectivity index (χ1n) is 18.7. The fourth-order valence-corrected chi connectivity index (χ4v) is 8.55. The molecule has 11 aromatic carbocycles. The molecule has 0 radical (unpaired) electrons. The van der Waals surface area contributed by atoms with E-state index in [2.05, 4.69) is 206 Å². The van der Waals surface area contributed by atoms with Crippen LogP contribution in [-0.4, -0.2) is 0 Å². The summed E-state index contributed by atoms with van der Waals surface area (Å²) in [5.74, 6) is 0. The largest absolute Gasteiger partial charge is 0.0622 e. The Morgan fingerprint density at radius 3 is 1.09 bits per heavy atom. The molecule has 250 valence electrons. The molecule has 0 aliphatic heterocycles. The standard InChI is InChI=1S/C54H34/c1-2-8-35(9-3-1)36-14-15-38-29-39(17-16-37(38)28-36)40-18-19-42-31-43(21-20-41(42)30-40)44-24-26-50-46(32-44)22-23-47-33-48(25-27-51(47)50)54-34-45-10-4-5-11-49(45)52-12-6-7-13-53(52)54/h1-34H. The maximum Gasteiger partial charge on any atom is -0.00988 e. The predicted molar refractivity (Wildman–Crippen MR) is 233 cm³/mol. The van der Waals surface area contributed by atoms with Gasteiger partial charge in [-0.3, -0.25) is 0 Å². The number of benzene rings is 11. The molecule has 0 saturated carbocycles. The van der Waals surface area contributed by atoms with Crippen molar-refractivity contribution in [3.63, 3.8) is 0 Å². The van der Waals surface area contributed by atoms with Gasteiger partial charge in [-0.15, -0.1) is 0 Å². The Balaban J connectivity index is 0.905. The highest BCUT2D eigenvalue weighted by Crippen LogP contribution is 2.38. The molecule has 0 amide bonds. The molecule has 0 N–H and O–H groups in total. The molecule has 0 heterocycles. The van der Waals surface area contributed by atoms with Gasteiger partial charge < -0.3 is 0 Å². The van der Waals surface area contributed by atoms with Crippen LogP contribution in [0.4, 0.5) is 0 Å². The Morgan fingerprint density at radius 2 is 0.519 bits per heavy atom. The Morgan fingerprint density at radius 1 is 0.167 bits per heavy atom. The first-order chi connectivity index (χ1) is 26.7. The van der Waals surface area contributed by atoms with E-state index in [1.54, 1.807) is 0 Å². The van der Waals surface area contributed by atoms with Crippen molar-refractivity contribution < 1.29 is 0 Å². The zero-order chi connectivity index (χ0) is 35.6. The summed E-state index contributed by atoms with van der Waals surface area (Å²) in [6, 6.07) is 76.1. The summed E-state index contributed by atoms with van der Waals surface area (Å²) < 4.78 is 0. The molecule has 0 bridgehead atoms. The Kier molecular flexibility index (Phi) is 6.97. The van der Waals surface area contributed by atoms with E-state index in [9.17, 15) is 0 Å². The van der Waals surface area contributed by atoms with Gasteiger partial charge in [-0.05, 0) is 152 Å². The second-order valence-corrected chi connectivity index (χ2v) is 14.5. The van der Waals surface area contributed by atoms with Gasteiger partial charge in [0, 0.05) is 0 Å². The summed E-state index contributed by atoms with van der Waals surface area (Å²) in [7, 11) is 0. The monoisotopic (exact) mass is 682 g/mol. The average Bonchev–Trinajstić information content (AvgIpc) is 3.25. The van der Waals surface area contributed by atoms with E-state index >= 15 is 0 Å². The maximum absolute atomic E-state index is 2.36. The van der Waals surface area contributed by atoms with Gasteiger partial charge in [0.2, 0.25) is 0 Å². The van der Waals surface area contributed by atoms with Gasteiger partial charge in [0.1, 0.15) is 0 Å². The fourth-order valence-electron chi connectivity index (χ4n) is 8.55. The van der Waals surface area contributed by atoms with E-state index in [4.69, 9.17) is 0 Å². The van der Waals surface area contributed by atoms with E-state index in [-0.39, 0.29) is 0 Å². The number of rotatable bonds is 4. The van der Waals surface area contributed by atoms with Gasteiger partial charge in [-0.1, -0.05) is 164 Å². The summed E-state index contributed by atoms with van der Waals surface area (Å²) in [5, 5.41) is 15.2. The number of fused-ring (bicyclic) bond motifs is 8. The van der Waals surface area contributed by atoms with Crippen LogP contribution in [0.2, 0.25) is 0 Å². The van der Waals surface area contributed by atoms with Crippen molar-refractivity contribution in [2.45, 2.75) is 0 Å². The lowest BCUT2D eigenvalue weighted by atomic mass is 9.91. The molecule has 0 spiro atoms. The molecule has 0 aliphatic carbocycles. The second kappa shape index (κ2) is 12.3. The van der Waals surface area contributed by atoms with E-state index in [1.165, 1.54) is 109 Å². The lowest BCUT2D eigenvalue weighted by Gasteiger charge is -2.13. The van der Waals surface area contributed by atoms with E-state index in [0.29, 0.717) is 0 Å². The van der Waals surface area contributed by atoms with Crippen LogP contribution in [0, 0.1) is 0 Å². The van der Waals surface area contributed by atoms with Gasteiger partial charge >= 0.3 is 0 Å². The fraction of sp³-hybridized carbons (Fsp3) is 0. The van der Waals surface area contributed by atoms with Crippen LogP contribution < -0.4 is 0 Å². The molecule has 0 heteroatoms. The SMILES string of the molecule is c1ccc(-c2ccc3cc(-c4ccc5cc(-c6ccc7c(ccc8cc(-c9cc%10ccccc%10c%10ccccc9%10)ccc87)c6)ccc5c4)ccc3c2)cc1. The highest BCUT2D eigenvalue weighted by molar-refractivity contribution is 6.15. The van der Waals surface area contributed by atoms with E-state index < -0.39 is 0 Å². The molecule has 0 nitrogen and oxygen atoms in total. The number of hydrogen-bond acceptors (Lipinski definition) is 0. The van der Waals surface area contributed by atoms with Gasteiger partial charge in [-0.25, -0.2) is 0 Å². The quantitative estimate of drug-likeness (QED) is 0.162. The normalized spacial score (nSPS) is 11.7. The highest BCUT2D eigenvalue weighted by Gasteiger charge is 2.11. The van der Waals surface area contributed by atoms with Crippen molar-refractivity contribution in [2.24, 2.45) is 0 Å². The van der Waals surface area contributed by atoms with Crippen LogP contribution in [0.15, 0.2) is 206 Å². The third kappa shape index (κ3) is 5.15. The Bertz CT molecular complexity index is 3260. The zero-order valence-corrected chi connectivity index (χ0v) is 29.6. The molecule has 11 rings (SSSR count). The average molecular weight is 683 g/mol. The molecule has 0 aromatic heterocycles. The Labute approximate surface area is 314 Å². The molecule has 54 heavy (non-hydrogen) atoms. The van der Waals surface area contributed by atoms with E-state index in [0.717, 1.165) is 0 Å². The first kappa shape index (κ1) is 30.6. The smallest absolute Gasteiger partial charge is 0.00988 e. The molecule has 0 fully saturated rings. The summed E-state index contributed by atoms with van der Waals surface area (Å²) >= 11 is 0. The summed E-state index contributed by atoms with van der Waals surface area (Å²) in [4.78, 5) is 0. The minimum atomic E-state index is 1.23. The molecule has 0 atom stereocenters. The van der Waals surface area contributed by atoms with Crippen LogP contribution in [0.1, 0.15) is 0 Å². The Hall–Kier alpha value is -7.02. The molecule has 0 unspecified atom stereocenters. The zero-order valence-electron chi connectivity index (χ0n) is 29.6. The topological polar surface area (TPSA) is 0 Å². The third-order valence-electron chi connectivity index (χ3n) is 11.4. The number of hydrogen-bond donors (Lipinski definition) is 0. The maximum atomic E-state index is 2.36. The van der Waals surface area contributed by atoms with Crippen LogP contribution in [0.3, 0.4) is 0 Å². The van der Waals surface area contributed by atoms with Crippen molar-refractivity contribution in [3.8, 4) is 44.5 Å². The summed E-state index contributed by atoms with van der Waals surface area (Å²) in [6.45, 7) is 0. The van der Waals surface area contributed by atoms with Gasteiger partial charge in [0.15, 0.2) is 0 Å². The van der Waals surface area contributed by atoms with E-state index in [1.807, 2.05) is 0 Å². The van der Waals surface area contributed by atoms with Gasteiger partial charge in [0.05, 0.1) is 0 Å². The van der Waals surface area contributed by atoms with Crippen LogP contribution in [-0.2, 0) is 0 Å². The molecule has 11 aromatic rings. The lowest BCUT2D eigenvalue weighted by molar-refractivity contribution is 1.63. The van der Waals surface area contributed by atoms with Gasteiger partial charge in [-0.2, -0.15) is 0 Å². The minimum Gasteiger partial charge on any atom is -0.0622 e. The molecule has 0 saturated heterocycles. The van der Waals surface area contributed by atoms with Crippen molar-refractivity contribution in [1.82, 2.24) is 0 Å². The van der Waals surface area contributed by atoms with Crippen molar-refractivity contribution in [3.05, 3.63) is 206 Å². The van der Waals surface area contributed by atoms with Crippen LogP contribution in [0.25, 0.3) is 109 Å². The summed E-state index contributed by atoms with van der Waals surface area (Å²) in [6.07, 6.45) is 0. The molecule has 0 aliphatic rings. The molecular weight excluding hydrogens is 649 g/mol. The van der Waals surface area contributed by atoms with Crippen LogP contribution >= 0.6 is 0 Å². The summed E-state index contributed by atoms with van der Waals surface area (Å²) in [5.41, 5.74) is 9.96. The molecular formula is C54H34. The van der Waals surface area contributed by atoms with Crippen LogP contribution in [0.5, 0.6) is 0 Å². The van der Waals surface area contributed by atoms with Gasteiger partial charge in [0.25, 0.3) is 0 Å². The van der Waals surface area contributed by atoms with Crippen molar-refractivity contribution >= 4 is 64.6 Å². The first-order valence-corrected chi connectivity index (χ1v) is 18.7. The third-order valence-corrected chi connectivity index (χ3v) is 11.4. The second-order valence-electron chi connectivity index (χ2n) is 14.5. The highest BCUT2D eigenvalue weighted by atomic mass is 14.2. The lowest BCUT2D eigenvalue weighted by Crippen LogP contribution is -1.86. The van der Waals surface area contributed by atoms with Crippen molar-refractivity contribution in [1.29, 1.82) is 0 Å². The predicted octanol–water partition coefficient (Wildman–Crippen LogP) is 15.3.